The molecule has 2 aromatic rings. The van der Waals surface area contributed by atoms with Crippen LogP contribution in [0.5, 0.6) is 0 Å². The number of hydrogen-bond acceptors (Lipinski definition) is 7. The number of anilines is 3. The van der Waals surface area contributed by atoms with Gasteiger partial charge in [0.1, 0.15) is 5.75 Å². The van der Waals surface area contributed by atoms with Gasteiger partial charge in [-0.15, -0.1) is 4.31 Å². The van der Waals surface area contributed by atoms with Crippen LogP contribution in [0.1, 0.15) is 24.8 Å². The Kier molecular flexibility index (Phi) is 6.92. The highest BCUT2D eigenvalue weighted by molar-refractivity contribution is 9.10. The zero-order chi connectivity index (χ0) is 20.2. The van der Waals surface area contributed by atoms with Gasteiger partial charge in [0, 0.05) is 55.5 Å². The summed E-state index contributed by atoms with van der Waals surface area (Å²) in [5.74, 6) is 2.08. The Bertz CT molecular complexity index is 832. The summed E-state index contributed by atoms with van der Waals surface area (Å²) in [6.07, 6.45) is 5.86. The van der Waals surface area contributed by atoms with E-state index in [-0.39, 0.29) is 6.04 Å². The number of benzene rings is 1. The minimum absolute atomic E-state index is 0.281. The first kappa shape index (κ1) is 20.9. The fourth-order valence-electron chi connectivity index (χ4n) is 3.99. The van der Waals surface area contributed by atoms with E-state index in [0.717, 1.165) is 55.6 Å². The smallest absolute Gasteiger partial charge is 0.224 e. The summed E-state index contributed by atoms with van der Waals surface area (Å²) in [4.78, 5) is 11.6. The molecule has 1 aromatic carbocycles. The molecule has 156 valence electrons. The van der Waals surface area contributed by atoms with Crippen LogP contribution < -0.4 is 16.0 Å². The number of rotatable bonds is 6. The Morgan fingerprint density at radius 1 is 1.24 bits per heavy atom. The first-order valence-electron chi connectivity index (χ1n) is 10.1. The first-order valence-corrected chi connectivity index (χ1v) is 12.2. The fraction of sp³-hybridized carbons (Fsp3) is 0.500. The standard InChI is InChI=1S/C20H27BrN6OS/c21-17-14-23-20(24-16-7-11-26(12-8-16)29(28)13-9-22)25-19(17)27-10-3-5-15-4-1-2-6-18(15)27/h1-2,4,6,14,16H,3,5,7-13,22H2,(H,23,24,25). The van der Waals surface area contributed by atoms with Gasteiger partial charge in [0.05, 0.1) is 4.47 Å². The van der Waals surface area contributed by atoms with Crippen molar-refractivity contribution in [2.75, 3.05) is 42.1 Å². The zero-order valence-electron chi connectivity index (χ0n) is 16.4. The number of fused-ring (bicyclic) bond motifs is 1. The molecular formula is C20H27BrN6OS. The van der Waals surface area contributed by atoms with E-state index in [9.17, 15) is 4.55 Å². The Hall–Kier alpha value is -1.39. The van der Waals surface area contributed by atoms with Crippen LogP contribution >= 0.6 is 15.9 Å². The second-order valence-corrected chi connectivity index (χ2v) is 9.83. The van der Waals surface area contributed by atoms with Crippen molar-refractivity contribution in [3.63, 3.8) is 0 Å². The second-order valence-electron chi connectivity index (χ2n) is 7.41. The van der Waals surface area contributed by atoms with Gasteiger partial charge in [0.15, 0.2) is 5.82 Å². The van der Waals surface area contributed by atoms with E-state index in [2.05, 4.69) is 55.4 Å². The highest BCUT2D eigenvalue weighted by atomic mass is 79.9. The molecule has 0 saturated carbocycles. The van der Waals surface area contributed by atoms with Gasteiger partial charge in [-0.2, -0.15) is 4.98 Å². The van der Waals surface area contributed by atoms with Gasteiger partial charge in [-0.3, -0.25) is 0 Å². The van der Waals surface area contributed by atoms with E-state index in [4.69, 9.17) is 10.7 Å². The quantitative estimate of drug-likeness (QED) is 0.616. The van der Waals surface area contributed by atoms with Gasteiger partial charge in [-0.05, 0) is 53.2 Å². The minimum atomic E-state index is -0.963. The van der Waals surface area contributed by atoms with Crippen LogP contribution in [-0.2, 0) is 17.8 Å². The van der Waals surface area contributed by atoms with Crippen molar-refractivity contribution < 1.29 is 4.55 Å². The number of para-hydroxylation sites is 1. The molecule has 29 heavy (non-hydrogen) atoms. The van der Waals surface area contributed by atoms with Crippen LogP contribution in [0.4, 0.5) is 17.5 Å². The Labute approximate surface area is 183 Å². The Balaban J connectivity index is 1.45. The molecule has 7 nitrogen and oxygen atoms in total. The molecule has 0 amide bonds. The predicted molar refractivity (Wildman–Crippen MR) is 122 cm³/mol. The summed E-state index contributed by atoms with van der Waals surface area (Å²) < 4.78 is 15.0. The largest absolute Gasteiger partial charge is 0.598 e. The summed E-state index contributed by atoms with van der Waals surface area (Å²) in [5.41, 5.74) is 8.11. The molecule has 2 aliphatic heterocycles. The molecule has 4 rings (SSSR count). The summed E-state index contributed by atoms with van der Waals surface area (Å²) in [7, 11) is 0. The molecule has 9 heteroatoms. The van der Waals surface area contributed by atoms with Gasteiger partial charge >= 0.3 is 0 Å². The molecule has 0 bridgehead atoms. The van der Waals surface area contributed by atoms with E-state index in [1.807, 2.05) is 10.5 Å². The Morgan fingerprint density at radius 2 is 2.03 bits per heavy atom. The van der Waals surface area contributed by atoms with Crippen molar-refractivity contribution in [2.45, 2.75) is 31.7 Å². The number of aryl methyl sites for hydroxylation is 1. The number of nitrogens with one attached hydrogen (secondary N) is 1. The van der Waals surface area contributed by atoms with Crippen molar-refractivity contribution in [1.82, 2.24) is 14.3 Å². The summed E-state index contributed by atoms with van der Waals surface area (Å²) in [6, 6.07) is 8.81. The number of nitrogens with zero attached hydrogens (tertiary/aromatic N) is 4. The van der Waals surface area contributed by atoms with Gasteiger partial charge in [0.25, 0.3) is 0 Å². The van der Waals surface area contributed by atoms with Crippen LogP contribution in [0.25, 0.3) is 0 Å². The lowest BCUT2D eigenvalue weighted by Crippen LogP contribution is -2.44. The van der Waals surface area contributed by atoms with Gasteiger partial charge in [-0.25, -0.2) is 4.98 Å². The minimum Gasteiger partial charge on any atom is -0.598 e. The second kappa shape index (κ2) is 9.61. The van der Waals surface area contributed by atoms with E-state index in [1.54, 1.807) is 0 Å². The molecule has 1 unspecified atom stereocenters. The monoisotopic (exact) mass is 478 g/mol. The van der Waals surface area contributed by atoms with Gasteiger partial charge in [0.2, 0.25) is 5.95 Å². The first-order chi connectivity index (χ1) is 14.2. The van der Waals surface area contributed by atoms with Crippen LogP contribution in [0.3, 0.4) is 0 Å². The van der Waals surface area contributed by atoms with Crippen molar-refractivity contribution in [3.8, 4) is 0 Å². The molecule has 3 N–H and O–H groups in total. The van der Waals surface area contributed by atoms with Crippen molar-refractivity contribution in [1.29, 1.82) is 0 Å². The van der Waals surface area contributed by atoms with E-state index in [1.165, 1.54) is 11.3 Å². The third-order valence-corrected chi connectivity index (χ3v) is 7.54. The van der Waals surface area contributed by atoms with Crippen LogP contribution in [0, 0.1) is 0 Å². The van der Waals surface area contributed by atoms with Crippen LogP contribution in [0.2, 0.25) is 0 Å². The predicted octanol–water partition coefficient (Wildman–Crippen LogP) is 2.82. The SMILES string of the molecule is NCC[S+]([O-])N1CCC(Nc2ncc(Br)c(N3CCCc4ccccc43)n2)CC1. The normalized spacial score (nSPS) is 19.1. The lowest BCUT2D eigenvalue weighted by atomic mass is 10.0. The maximum atomic E-state index is 12.1. The lowest BCUT2D eigenvalue weighted by molar-refractivity contribution is 0.329. The molecule has 1 fully saturated rings. The average molecular weight is 479 g/mol. The molecule has 0 aliphatic carbocycles. The molecule has 0 radical (unpaired) electrons. The fourth-order valence-corrected chi connectivity index (χ4v) is 5.47. The van der Waals surface area contributed by atoms with Gasteiger partial charge in [-0.1, -0.05) is 18.2 Å². The topological polar surface area (TPSA) is 93.4 Å². The molecular weight excluding hydrogens is 452 g/mol. The number of hydrogen-bond donors (Lipinski definition) is 2. The molecule has 1 saturated heterocycles. The van der Waals surface area contributed by atoms with Crippen LogP contribution in [-0.4, -0.2) is 56.8 Å². The molecule has 3 heterocycles. The molecule has 1 atom stereocenters. The van der Waals surface area contributed by atoms with Gasteiger partial charge < -0.3 is 20.5 Å². The molecule has 1 aromatic heterocycles. The third kappa shape index (κ3) is 4.86. The zero-order valence-corrected chi connectivity index (χ0v) is 18.8. The molecule has 0 spiro atoms. The number of nitrogens with two attached hydrogens (primary N) is 1. The van der Waals surface area contributed by atoms with E-state index < -0.39 is 11.4 Å². The maximum Gasteiger partial charge on any atom is 0.224 e. The number of halogens is 1. The van der Waals surface area contributed by atoms with Crippen LogP contribution in [0.15, 0.2) is 34.9 Å². The highest BCUT2D eigenvalue weighted by Crippen LogP contribution is 2.36. The lowest BCUT2D eigenvalue weighted by Gasteiger charge is -2.33. The maximum absolute atomic E-state index is 12.1. The summed E-state index contributed by atoms with van der Waals surface area (Å²) in [5, 5.41) is 3.48. The highest BCUT2D eigenvalue weighted by Gasteiger charge is 2.27. The number of piperidine rings is 1. The average Bonchev–Trinajstić information content (AvgIpc) is 2.75. The summed E-state index contributed by atoms with van der Waals surface area (Å²) in [6.45, 7) is 3.00. The van der Waals surface area contributed by atoms with Crippen molar-refractivity contribution >= 4 is 44.7 Å². The van der Waals surface area contributed by atoms with Crippen molar-refractivity contribution in [3.05, 3.63) is 40.5 Å². The summed E-state index contributed by atoms with van der Waals surface area (Å²) >= 11 is 2.67. The number of aromatic nitrogens is 2. The van der Waals surface area contributed by atoms with Crippen molar-refractivity contribution in [2.24, 2.45) is 5.73 Å². The van der Waals surface area contributed by atoms with E-state index in [0.29, 0.717) is 18.2 Å². The van der Waals surface area contributed by atoms with E-state index >= 15 is 0 Å². The third-order valence-electron chi connectivity index (χ3n) is 5.46. The molecule has 2 aliphatic rings. The Morgan fingerprint density at radius 3 is 2.83 bits per heavy atom.